The second-order valence-corrected chi connectivity index (χ2v) is 3.20. The van der Waals surface area contributed by atoms with Crippen molar-refractivity contribution in [2.75, 3.05) is 7.05 Å². The molecule has 1 saturated carbocycles. The first-order valence-electron chi connectivity index (χ1n) is 3.94. The van der Waals surface area contributed by atoms with Crippen LogP contribution in [0.5, 0.6) is 0 Å². The van der Waals surface area contributed by atoms with Gasteiger partial charge in [-0.05, 0) is 32.2 Å². The molecule has 1 aliphatic carbocycles. The molecule has 1 N–H and O–H groups in total. The van der Waals surface area contributed by atoms with Gasteiger partial charge in [0.15, 0.2) is 0 Å². The maximum Gasteiger partial charge on any atom is 0.0201 e. The molecule has 1 aliphatic rings. The Labute approximate surface area is 57.8 Å². The van der Waals surface area contributed by atoms with E-state index < -0.39 is 0 Å². The summed E-state index contributed by atoms with van der Waals surface area (Å²) in [6.07, 6.45) is 4.07. The Morgan fingerprint density at radius 3 is 2.33 bits per heavy atom. The van der Waals surface area contributed by atoms with E-state index in [0.717, 1.165) is 5.92 Å². The Morgan fingerprint density at radius 2 is 2.33 bits per heavy atom. The lowest BCUT2D eigenvalue weighted by atomic mass is 9.66. The van der Waals surface area contributed by atoms with E-state index >= 15 is 0 Å². The van der Waals surface area contributed by atoms with Crippen LogP contribution in [0.3, 0.4) is 0 Å². The fraction of sp³-hybridized carbons (Fsp3) is 1.00. The molecule has 0 aliphatic heterocycles. The average Bonchev–Trinajstić information content (AvgIpc) is 1.89. The molecular weight excluding hydrogens is 110 g/mol. The van der Waals surface area contributed by atoms with Crippen molar-refractivity contribution < 1.29 is 0 Å². The van der Waals surface area contributed by atoms with Gasteiger partial charge in [0.2, 0.25) is 0 Å². The zero-order chi connectivity index (χ0) is 6.91. The molecule has 0 bridgehead atoms. The summed E-state index contributed by atoms with van der Waals surface area (Å²) in [5.41, 5.74) is 0.514. The van der Waals surface area contributed by atoms with Crippen molar-refractivity contribution in [3.05, 3.63) is 0 Å². The first-order chi connectivity index (χ1) is 4.25. The minimum Gasteiger partial charge on any atom is -0.314 e. The molecule has 0 saturated heterocycles. The van der Waals surface area contributed by atoms with Crippen LogP contribution in [0.4, 0.5) is 0 Å². The maximum atomic E-state index is 3.41. The van der Waals surface area contributed by atoms with E-state index in [-0.39, 0.29) is 0 Å². The van der Waals surface area contributed by atoms with Gasteiger partial charge in [0, 0.05) is 5.54 Å². The van der Waals surface area contributed by atoms with Gasteiger partial charge in [-0.2, -0.15) is 0 Å². The maximum absolute atomic E-state index is 3.41. The van der Waals surface area contributed by atoms with Gasteiger partial charge in [-0.3, -0.25) is 0 Å². The Kier molecular flexibility index (Phi) is 1.80. The van der Waals surface area contributed by atoms with Gasteiger partial charge >= 0.3 is 0 Å². The third-order valence-corrected chi connectivity index (χ3v) is 3.10. The fourth-order valence-corrected chi connectivity index (χ4v) is 1.85. The third kappa shape index (κ3) is 0.877. The summed E-state index contributed by atoms with van der Waals surface area (Å²) in [5.74, 6) is 0.896. The largest absolute Gasteiger partial charge is 0.314 e. The van der Waals surface area contributed by atoms with Gasteiger partial charge in [-0.15, -0.1) is 0 Å². The topological polar surface area (TPSA) is 12.0 Å². The van der Waals surface area contributed by atoms with Crippen molar-refractivity contribution in [3.63, 3.8) is 0 Å². The Morgan fingerprint density at radius 1 is 1.67 bits per heavy atom. The normalized spacial score (nSPS) is 42.3. The van der Waals surface area contributed by atoms with Crippen molar-refractivity contribution >= 4 is 0 Å². The van der Waals surface area contributed by atoms with E-state index in [1.807, 2.05) is 0 Å². The van der Waals surface area contributed by atoms with Gasteiger partial charge in [0.25, 0.3) is 0 Å². The lowest BCUT2D eigenvalue weighted by Gasteiger charge is -2.47. The highest BCUT2D eigenvalue weighted by Gasteiger charge is 2.40. The second-order valence-electron chi connectivity index (χ2n) is 3.20. The van der Waals surface area contributed by atoms with E-state index in [4.69, 9.17) is 0 Å². The highest BCUT2D eigenvalue weighted by atomic mass is 15.0. The smallest absolute Gasteiger partial charge is 0.0201 e. The summed E-state index contributed by atoms with van der Waals surface area (Å²) in [6, 6.07) is 0. The summed E-state index contributed by atoms with van der Waals surface area (Å²) < 4.78 is 0. The molecule has 9 heavy (non-hydrogen) atoms. The van der Waals surface area contributed by atoms with Crippen LogP contribution < -0.4 is 5.32 Å². The lowest BCUT2D eigenvalue weighted by Crippen LogP contribution is -2.55. The minimum atomic E-state index is 0.514. The zero-order valence-electron chi connectivity index (χ0n) is 6.70. The van der Waals surface area contributed by atoms with Crippen LogP contribution in [-0.2, 0) is 0 Å². The van der Waals surface area contributed by atoms with E-state index in [1.165, 1.54) is 19.3 Å². The Hall–Kier alpha value is -0.0400. The molecule has 0 aromatic carbocycles. The van der Waals surface area contributed by atoms with Gasteiger partial charge in [0.05, 0.1) is 0 Å². The molecule has 1 rings (SSSR count). The summed E-state index contributed by atoms with van der Waals surface area (Å²) >= 11 is 0. The van der Waals surface area contributed by atoms with E-state index in [1.54, 1.807) is 0 Å². The molecule has 1 fully saturated rings. The predicted molar refractivity (Wildman–Crippen MR) is 40.5 cm³/mol. The number of hydrogen-bond donors (Lipinski definition) is 1. The molecule has 1 heteroatoms. The molecule has 0 aromatic heterocycles. The van der Waals surface area contributed by atoms with Crippen molar-refractivity contribution in [3.8, 4) is 0 Å². The first-order valence-corrected chi connectivity index (χ1v) is 3.94. The van der Waals surface area contributed by atoms with E-state index in [9.17, 15) is 0 Å². The molecule has 0 heterocycles. The zero-order valence-corrected chi connectivity index (χ0v) is 6.70. The van der Waals surface area contributed by atoms with Crippen LogP contribution in [0.25, 0.3) is 0 Å². The van der Waals surface area contributed by atoms with Crippen molar-refractivity contribution in [1.82, 2.24) is 5.32 Å². The predicted octanol–water partition coefficient (Wildman–Crippen LogP) is 1.78. The minimum absolute atomic E-state index is 0.514. The third-order valence-electron chi connectivity index (χ3n) is 3.10. The van der Waals surface area contributed by atoms with Crippen molar-refractivity contribution in [2.45, 2.75) is 38.6 Å². The fourth-order valence-electron chi connectivity index (χ4n) is 1.85. The highest BCUT2D eigenvalue weighted by Crippen LogP contribution is 2.39. The molecule has 0 spiro atoms. The van der Waals surface area contributed by atoms with Crippen LogP contribution in [0, 0.1) is 5.92 Å². The number of rotatable bonds is 2. The quantitative estimate of drug-likeness (QED) is 0.596. The molecule has 2 atom stereocenters. The lowest BCUT2D eigenvalue weighted by molar-refractivity contribution is 0.101. The van der Waals surface area contributed by atoms with Gasteiger partial charge in [-0.25, -0.2) is 0 Å². The average molecular weight is 127 g/mol. The second kappa shape index (κ2) is 2.30. The molecule has 54 valence electrons. The molecule has 2 unspecified atom stereocenters. The van der Waals surface area contributed by atoms with Crippen molar-refractivity contribution in [2.24, 2.45) is 5.92 Å². The molecular formula is C8H17N. The summed E-state index contributed by atoms with van der Waals surface area (Å²) in [6.45, 7) is 4.61. The van der Waals surface area contributed by atoms with Gasteiger partial charge < -0.3 is 5.32 Å². The Bertz CT molecular complexity index is 89.2. The van der Waals surface area contributed by atoms with Crippen LogP contribution in [-0.4, -0.2) is 12.6 Å². The monoisotopic (exact) mass is 127 g/mol. The first kappa shape index (κ1) is 7.07. The summed E-state index contributed by atoms with van der Waals surface area (Å²) in [5, 5.41) is 3.41. The summed E-state index contributed by atoms with van der Waals surface area (Å²) in [4.78, 5) is 0. The van der Waals surface area contributed by atoms with Crippen LogP contribution in [0.1, 0.15) is 33.1 Å². The van der Waals surface area contributed by atoms with Crippen LogP contribution in [0.15, 0.2) is 0 Å². The van der Waals surface area contributed by atoms with E-state index in [0.29, 0.717) is 5.54 Å². The molecule has 1 nitrogen and oxygen atoms in total. The number of hydrogen-bond acceptors (Lipinski definition) is 1. The SMILES string of the molecule is CCC1(NC)CCC1C. The van der Waals surface area contributed by atoms with Crippen LogP contribution >= 0.6 is 0 Å². The summed E-state index contributed by atoms with van der Waals surface area (Å²) in [7, 11) is 2.08. The molecule has 0 radical (unpaired) electrons. The Balaban J connectivity index is 2.48. The van der Waals surface area contributed by atoms with Gasteiger partial charge in [0.1, 0.15) is 0 Å². The van der Waals surface area contributed by atoms with E-state index in [2.05, 4.69) is 26.2 Å². The molecule has 0 aromatic rings. The van der Waals surface area contributed by atoms with Gasteiger partial charge in [-0.1, -0.05) is 13.8 Å². The molecule has 0 amide bonds. The standard InChI is InChI=1S/C8H17N/c1-4-8(9-3)6-5-7(8)2/h7,9H,4-6H2,1-3H3. The van der Waals surface area contributed by atoms with Crippen molar-refractivity contribution in [1.29, 1.82) is 0 Å². The number of nitrogens with one attached hydrogen (secondary N) is 1. The van der Waals surface area contributed by atoms with Crippen LogP contribution in [0.2, 0.25) is 0 Å². The highest BCUT2D eigenvalue weighted by molar-refractivity contribution is 4.98.